The highest BCUT2D eigenvalue weighted by Gasteiger charge is 2.30. The number of amides is 1. The predicted octanol–water partition coefficient (Wildman–Crippen LogP) is 1.55. The number of hydrogen-bond donors (Lipinski definition) is 1. The van der Waals surface area contributed by atoms with Gasteiger partial charge in [-0.3, -0.25) is 9.63 Å². The molecule has 0 aliphatic carbocycles. The van der Waals surface area contributed by atoms with Crippen molar-refractivity contribution >= 4 is 26.8 Å². The summed E-state index contributed by atoms with van der Waals surface area (Å²) in [5.74, 6) is -1.02. The van der Waals surface area contributed by atoms with Crippen molar-refractivity contribution in [1.29, 1.82) is 0 Å². The molecule has 10 nitrogen and oxygen atoms in total. The first-order chi connectivity index (χ1) is 16.3. The molecule has 3 heterocycles. The number of carbonyl (C=O) groups is 1. The van der Waals surface area contributed by atoms with Gasteiger partial charge in [0.1, 0.15) is 10.7 Å². The van der Waals surface area contributed by atoms with Crippen LogP contribution in [0.5, 0.6) is 0 Å². The van der Waals surface area contributed by atoms with Crippen LogP contribution in [0, 0.1) is 5.82 Å². The van der Waals surface area contributed by atoms with Gasteiger partial charge in [0.15, 0.2) is 5.69 Å². The zero-order valence-corrected chi connectivity index (χ0v) is 19.5. The zero-order chi connectivity index (χ0) is 24.3. The van der Waals surface area contributed by atoms with Gasteiger partial charge in [-0.1, -0.05) is 12.1 Å². The molecule has 1 aliphatic heterocycles. The number of carbonyl (C=O) groups excluding carboxylic acids is 1. The summed E-state index contributed by atoms with van der Waals surface area (Å²) in [4.78, 5) is 21.5. The molecule has 1 fully saturated rings. The summed E-state index contributed by atoms with van der Waals surface area (Å²) >= 11 is 0. The molecule has 34 heavy (non-hydrogen) atoms. The van der Waals surface area contributed by atoms with E-state index in [9.17, 15) is 17.6 Å². The zero-order valence-electron chi connectivity index (χ0n) is 18.7. The Kier molecular flexibility index (Phi) is 7.24. The first-order valence-corrected chi connectivity index (χ1v) is 12.0. The average Bonchev–Trinajstić information content (AvgIpc) is 3.20. The largest absolute Gasteiger partial charge is 0.376 e. The van der Waals surface area contributed by atoms with E-state index < -0.39 is 15.9 Å². The van der Waals surface area contributed by atoms with Crippen LogP contribution in [0.2, 0.25) is 0 Å². The predicted molar refractivity (Wildman–Crippen MR) is 120 cm³/mol. The number of hydroxylamine groups is 1. The van der Waals surface area contributed by atoms with E-state index in [-0.39, 0.29) is 35.6 Å². The lowest BCUT2D eigenvalue weighted by atomic mass is 10.2. The summed E-state index contributed by atoms with van der Waals surface area (Å²) in [5, 5.41) is 0.325. The van der Waals surface area contributed by atoms with E-state index in [2.05, 4.69) is 10.5 Å². The van der Waals surface area contributed by atoms with E-state index in [1.54, 1.807) is 22.8 Å². The Morgan fingerprint density at radius 1 is 1.29 bits per heavy atom. The average molecular weight is 493 g/mol. The minimum absolute atomic E-state index is 0.00502. The third-order valence-electron chi connectivity index (χ3n) is 5.46. The number of sulfonamides is 1. The van der Waals surface area contributed by atoms with E-state index in [1.165, 1.54) is 43.0 Å². The number of nitrogens with one attached hydrogen (secondary N) is 1. The molecule has 0 bridgehead atoms. The summed E-state index contributed by atoms with van der Waals surface area (Å²) < 4.78 is 54.3. The van der Waals surface area contributed by atoms with Crippen LogP contribution in [0.4, 0.5) is 4.39 Å². The van der Waals surface area contributed by atoms with Crippen LogP contribution in [0.1, 0.15) is 16.1 Å². The molecular weight excluding hydrogens is 467 g/mol. The second-order valence-electron chi connectivity index (χ2n) is 7.79. The molecule has 1 amide bonds. The molecule has 0 saturated carbocycles. The number of aromatic nitrogens is 2. The minimum Gasteiger partial charge on any atom is -0.376 e. The van der Waals surface area contributed by atoms with Gasteiger partial charge in [0.2, 0.25) is 10.0 Å². The van der Waals surface area contributed by atoms with Crippen LogP contribution in [-0.4, -0.2) is 74.8 Å². The van der Waals surface area contributed by atoms with Gasteiger partial charge in [0.25, 0.3) is 5.91 Å². The van der Waals surface area contributed by atoms with Gasteiger partial charge >= 0.3 is 0 Å². The van der Waals surface area contributed by atoms with E-state index in [4.69, 9.17) is 14.3 Å². The molecule has 1 atom stereocenters. The third kappa shape index (κ3) is 4.95. The molecule has 1 saturated heterocycles. The molecule has 1 N–H and O–H groups in total. The molecule has 0 radical (unpaired) electrons. The standard InChI is InChI=1S/C22H25FN4O6S/c1-26(12-17-14-32-9-10-33-17)34(29,30)19-13-27(11-15-3-5-16(23)6-4-15)21-18(19)7-8-24-20(21)22(28)25-31-2/h3-8,13,17H,9-12,14H2,1-2H3,(H,25,28). The lowest BCUT2D eigenvalue weighted by Gasteiger charge is -2.27. The second kappa shape index (κ2) is 10.2. The smallest absolute Gasteiger partial charge is 0.295 e. The fourth-order valence-electron chi connectivity index (χ4n) is 3.84. The van der Waals surface area contributed by atoms with Crippen molar-refractivity contribution in [3.05, 3.63) is 59.8 Å². The van der Waals surface area contributed by atoms with Crippen LogP contribution in [0.25, 0.3) is 10.9 Å². The maximum Gasteiger partial charge on any atom is 0.295 e. The SMILES string of the molecule is CONC(=O)c1nccc2c(S(=O)(=O)N(C)CC3COCCO3)cn(Cc3ccc(F)cc3)c12. The highest BCUT2D eigenvalue weighted by atomic mass is 32.2. The highest BCUT2D eigenvalue weighted by molar-refractivity contribution is 7.89. The van der Waals surface area contributed by atoms with E-state index in [0.29, 0.717) is 36.3 Å². The number of rotatable bonds is 8. The number of ether oxygens (including phenoxy) is 2. The molecule has 4 rings (SSSR count). The Hall–Kier alpha value is -2.90. The van der Waals surface area contributed by atoms with Gasteiger partial charge in [-0.05, 0) is 23.8 Å². The third-order valence-corrected chi connectivity index (χ3v) is 7.31. The molecule has 12 heteroatoms. The maximum absolute atomic E-state index is 13.6. The molecule has 2 aromatic heterocycles. The monoisotopic (exact) mass is 492 g/mol. The van der Waals surface area contributed by atoms with Crippen LogP contribution in [0.15, 0.2) is 47.6 Å². The van der Waals surface area contributed by atoms with Gasteiger partial charge in [0.05, 0.1) is 38.6 Å². The molecule has 182 valence electrons. The normalized spacial score (nSPS) is 16.8. The Bertz CT molecular complexity index is 1270. The Morgan fingerprint density at radius 3 is 2.74 bits per heavy atom. The number of likely N-dealkylation sites (N-methyl/N-ethyl adjacent to an activating group) is 1. The fraction of sp³-hybridized carbons (Fsp3) is 0.364. The first kappa shape index (κ1) is 24.2. The summed E-state index contributed by atoms with van der Waals surface area (Å²) in [5.41, 5.74) is 3.24. The molecule has 1 aromatic carbocycles. The van der Waals surface area contributed by atoms with Crippen molar-refractivity contribution < 1.29 is 31.9 Å². The Morgan fingerprint density at radius 2 is 2.06 bits per heavy atom. The number of fused-ring (bicyclic) bond motifs is 1. The van der Waals surface area contributed by atoms with Gasteiger partial charge in [-0.15, -0.1) is 0 Å². The van der Waals surface area contributed by atoms with Crippen LogP contribution in [0.3, 0.4) is 0 Å². The molecule has 1 unspecified atom stereocenters. The van der Waals surface area contributed by atoms with Gasteiger partial charge in [-0.2, -0.15) is 4.31 Å². The summed E-state index contributed by atoms with van der Waals surface area (Å²) in [7, 11) is -1.21. The van der Waals surface area contributed by atoms with Crippen molar-refractivity contribution in [3.63, 3.8) is 0 Å². The lowest BCUT2D eigenvalue weighted by molar-refractivity contribution is -0.0909. The van der Waals surface area contributed by atoms with Crippen molar-refractivity contribution in [2.24, 2.45) is 0 Å². The van der Waals surface area contributed by atoms with Crippen molar-refractivity contribution in [3.8, 4) is 0 Å². The summed E-state index contributed by atoms with van der Waals surface area (Å²) in [6.07, 6.45) is 2.45. The van der Waals surface area contributed by atoms with Gasteiger partial charge < -0.3 is 14.0 Å². The Labute approximate surface area is 196 Å². The quantitative estimate of drug-likeness (QED) is 0.475. The first-order valence-electron chi connectivity index (χ1n) is 10.5. The highest BCUT2D eigenvalue weighted by Crippen LogP contribution is 2.30. The number of nitrogens with zero attached hydrogens (tertiary/aromatic N) is 3. The number of hydrogen-bond acceptors (Lipinski definition) is 7. The number of halogens is 1. The molecular formula is C22H25FN4O6S. The fourth-order valence-corrected chi connectivity index (χ4v) is 5.24. The minimum atomic E-state index is -3.97. The van der Waals surface area contributed by atoms with Gasteiger partial charge in [0, 0.05) is 37.9 Å². The summed E-state index contributed by atoms with van der Waals surface area (Å²) in [6.45, 7) is 1.48. The molecule has 0 spiro atoms. The topological polar surface area (TPSA) is 112 Å². The Balaban J connectivity index is 1.79. The summed E-state index contributed by atoms with van der Waals surface area (Å²) in [6, 6.07) is 7.35. The van der Waals surface area contributed by atoms with Crippen molar-refractivity contribution in [1.82, 2.24) is 19.3 Å². The second-order valence-corrected chi connectivity index (χ2v) is 9.81. The van der Waals surface area contributed by atoms with Crippen molar-refractivity contribution in [2.45, 2.75) is 17.5 Å². The van der Waals surface area contributed by atoms with E-state index in [0.717, 1.165) is 0 Å². The molecule has 1 aliphatic rings. The lowest BCUT2D eigenvalue weighted by Crippen LogP contribution is -2.40. The molecule has 3 aromatic rings. The van der Waals surface area contributed by atoms with Crippen molar-refractivity contribution in [2.75, 3.05) is 40.5 Å². The van der Waals surface area contributed by atoms with Crippen LogP contribution >= 0.6 is 0 Å². The maximum atomic E-state index is 13.6. The number of benzene rings is 1. The van der Waals surface area contributed by atoms with Gasteiger partial charge in [-0.25, -0.2) is 23.3 Å². The number of pyridine rings is 1. The van der Waals surface area contributed by atoms with Crippen LogP contribution < -0.4 is 5.48 Å². The van der Waals surface area contributed by atoms with Crippen LogP contribution in [-0.2, 0) is 30.9 Å². The van der Waals surface area contributed by atoms with E-state index >= 15 is 0 Å². The van der Waals surface area contributed by atoms with E-state index in [1.807, 2.05) is 0 Å².